The number of carbonyl (C=O) groups is 1. The number of alkyl halides is 2. The molecular weight excluding hydrogens is 196 g/mol. The molecule has 4 nitrogen and oxygen atoms in total. The summed E-state index contributed by atoms with van der Waals surface area (Å²) < 4.78 is 33.8. The minimum atomic E-state index is -2.44. The van der Waals surface area contributed by atoms with Crippen molar-refractivity contribution < 1.29 is 23.0 Å². The van der Waals surface area contributed by atoms with E-state index in [1.165, 1.54) is 12.0 Å². The number of nitrogens with zero attached hydrogens (tertiary/aromatic N) is 1. The third-order valence-electron chi connectivity index (χ3n) is 2.09. The third kappa shape index (κ3) is 2.88. The van der Waals surface area contributed by atoms with E-state index in [9.17, 15) is 13.6 Å². The van der Waals surface area contributed by atoms with Gasteiger partial charge in [0.2, 0.25) is 0 Å². The lowest BCUT2D eigenvalue weighted by Crippen LogP contribution is -2.51. The van der Waals surface area contributed by atoms with Crippen LogP contribution in [0.1, 0.15) is 0 Å². The Morgan fingerprint density at radius 2 is 2.43 bits per heavy atom. The van der Waals surface area contributed by atoms with Crippen molar-refractivity contribution in [1.29, 1.82) is 0 Å². The van der Waals surface area contributed by atoms with Gasteiger partial charge in [0.25, 0.3) is 6.43 Å². The molecule has 0 aliphatic carbocycles. The van der Waals surface area contributed by atoms with E-state index in [2.05, 4.69) is 4.74 Å². The highest BCUT2D eigenvalue weighted by Crippen LogP contribution is 2.10. The quantitative estimate of drug-likeness (QED) is 0.619. The summed E-state index contributed by atoms with van der Waals surface area (Å²) in [4.78, 5) is 12.6. The molecule has 0 unspecified atom stereocenters. The second-order valence-electron chi connectivity index (χ2n) is 3.00. The second kappa shape index (κ2) is 5.21. The fraction of sp³-hybridized carbons (Fsp3) is 0.875. The average molecular weight is 209 g/mol. The van der Waals surface area contributed by atoms with Crippen molar-refractivity contribution in [3.63, 3.8) is 0 Å². The molecule has 0 radical (unpaired) electrons. The summed E-state index contributed by atoms with van der Waals surface area (Å²) in [5.41, 5.74) is 0. The maximum Gasteiger partial charge on any atom is 0.325 e. The molecule has 0 amide bonds. The van der Waals surface area contributed by atoms with Crippen LogP contribution in [-0.4, -0.2) is 56.7 Å². The molecule has 0 aromatic rings. The van der Waals surface area contributed by atoms with E-state index in [0.717, 1.165) is 0 Å². The number of hydrogen-bond acceptors (Lipinski definition) is 4. The monoisotopic (exact) mass is 209 g/mol. The maximum atomic E-state index is 12.1. The van der Waals surface area contributed by atoms with Crippen LogP contribution >= 0.6 is 0 Å². The van der Waals surface area contributed by atoms with Crippen molar-refractivity contribution in [3.8, 4) is 0 Å². The van der Waals surface area contributed by atoms with Gasteiger partial charge in [-0.3, -0.25) is 9.69 Å². The number of morpholine rings is 1. The van der Waals surface area contributed by atoms with Crippen LogP contribution in [0.3, 0.4) is 0 Å². The SMILES string of the molecule is COC(=O)[C@H]1COCCN1CC(F)F. The molecule has 0 N–H and O–H groups in total. The third-order valence-corrected chi connectivity index (χ3v) is 2.09. The van der Waals surface area contributed by atoms with Gasteiger partial charge < -0.3 is 9.47 Å². The Hall–Kier alpha value is -0.750. The molecule has 6 heteroatoms. The molecule has 1 aliphatic rings. The number of rotatable bonds is 3. The highest BCUT2D eigenvalue weighted by atomic mass is 19.3. The van der Waals surface area contributed by atoms with Gasteiger partial charge in [-0.2, -0.15) is 0 Å². The Balaban J connectivity index is 2.54. The summed E-state index contributed by atoms with van der Waals surface area (Å²) in [5.74, 6) is -0.523. The van der Waals surface area contributed by atoms with Crippen LogP contribution < -0.4 is 0 Å². The topological polar surface area (TPSA) is 38.8 Å². The van der Waals surface area contributed by atoms with Gasteiger partial charge in [0.1, 0.15) is 6.04 Å². The predicted octanol–water partition coefficient (Wildman–Crippen LogP) is 0.125. The summed E-state index contributed by atoms with van der Waals surface area (Å²) in [5, 5.41) is 0. The first kappa shape index (κ1) is 11.3. The molecule has 1 aliphatic heterocycles. The molecule has 0 bridgehead atoms. The van der Waals surface area contributed by atoms with Crippen LogP contribution in [0.25, 0.3) is 0 Å². The molecule has 1 rings (SSSR count). The van der Waals surface area contributed by atoms with Crippen LogP contribution in [0.2, 0.25) is 0 Å². The molecule has 0 aromatic carbocycles. The molecular formula is C8H13F2NO3. The Kier molecular flexibility index (Phi) is 4.21. The fourth-order valence-electron chi connectivity index (χ4n) is 1.39. The van der Waals surface area contributed by atoms with Crippen LogP contribution in [0, 0.1) is 0 Å². The van der Waals surface area contributed by atoms with E-state index in [-0.39, 0.29) is 6.61 Å². The lowest BCUT2D eigenvalue weighted by molar-refractivity contribution is -0.154. The molecule has 1 atom stereocenters. The van der Waals surface area contributed by atoms with Gasteiger partial charge in [-0.05, 0) is 0 Å². The molecule has 0 aromatic heterocycles. The summed E-state index contributed by atoms with van der Waals surface area (Å²) in [6, 6.07) is -0.692. The largest absolute Gasteiger partial charge is 0.468 e. The van der Waals surface area contributed by atoms with Crippen molar-refractivity contribution in [1.82, 2.24) is 4.90 Å². The van der Waals surface area contributed by atoms with Gasteiger partial charge >= 0.3 is 5.97 Å². The zero-order valence-corrected chi connectivity index (χ0v) is 7.91. The highest BCUT2D eigenvalue weighted by molar-refractivity contribution is 5.75. The average Bonchev–Trinajstić information content (AvgIpc) is 2.16. The van der Waals surface area contributed by atoms with Gasteiger partial charge in [-0.25, -0.2) is 8.78 Å². The smallest absolute Gasteiger partial charge is 0.325 e. The Morgan fingerprint density at radius 3 is 3.00 bits per heavy atom. The van der Waals surface area contributed by atoms with Crippen molar-refractivity contribution in [3.05, 3.63) is 0 Å². The van der Waals surface area contributed by atoms with Crippen molar-refractivity contribution in [2.75, 3.05) is 33.4 Å². The van der Waals surface area contributed by atoms with Crippen LogP contribution in [0.15, 0.2) is 0 Å². The number of halogens is 2. The molecule has 1 saturated heterocycles. The van der Waals surface area contributed by atoms with Crippen molar-refractivity contribution >= 4 is 5.97 Å². The van der Waals surface area contributed by atoms with E-state index >= 15 is 0 Å². The van der Waals surface area contributed by atoms with E-state index < -0.39 is 25.0 Å². The lowest BCUT2D eigenvalue weighted by Gasteiger charge is -2.33. The van der Waals surface area contributed by atoms with E-state index in [1.807, 2.05) is 0 Å². The highest BCUT2D eigenvalue weighted by Gasteiger charge is 2.31. The zero-order valence-electron chi connectivity index (χ0n) is 7.91. The molecule has 0 saturated carbocycles. The molecule has 82 valence electrons. The number of methoxy groups -OCH3 is 1. The Morgan fingerprint density at radius 1 is 1.71 bits per heavy atom. The maximum absolute atomic E-state index is 12.1. The summed E-state index contributed by atoms with van der Waals surface area (Å²) in [6.07, 6.45) is -2.44. The normalized spacial score (nSPS) is 23.9. The van der Waals surface area contributed by atoms with Gasteiger partial charge in [0, 0.05) is 6.54 Å². The van der Waals surface area contributed by atoms with Gasteiger partial charge in [-0.1, -0.05) is 0 Å². The standard InChI is InChI=1S/C8H13F2NO3/c1-13-8(12)6-5-14-3-2-11(6)4-7(9)10/h6-7H,2-5H2,1H3/t6-/m1/s1. The van der Waals surface area contributed by atoms with Gasteiger partial charge in [-0.15, -0.1) is 0 Å². The Labute approximate surface area is 80.8 Å². The van der Waals surface area contributed by atoms with E-state index in [0.29, 0.717) is 13.2 Å². The number of hydrogen-bond donors (Lipinski definition) is 0. The molecule has 0 spiro atoms. The summed E-state index contributed by atoms with van der Waals surface area (Å²) in [7, 11) is 1.23. The van der Waals surface area contributed by atoms with Crippen LogP contribution in [0.4, 0.5) is 8.78 Å². The zero-order chi connectivity index (χ0) is 10.6. The lowest BCUT2D eigenvalue weighted by atomic mass is 10.2. The predicted molar refractivity (Wildman–Crippen MR) is 44.2 cm³/mol. The minimum Gasteiger partial charge on any atom is -0.468 e. The first-order valence-electron chi connectivity index (χ1n) is 4.33. The number of ether oxygens (including phenoxy) is 2. The minimum absolute atomic E-state index is 0.124. The Bertz CT molecular complexity index is 201. The summed E-state index contributed by atoms with van der Waals surface area (Å²) in [6.45, 7) is 0.423. The summed E-state index contributed by atoms with van der Waals surface area (Å²) >= 11 is 0. The number of carbonyl (C=O) groups excluding carboxylic acids is 1. The van der Waals surface area contributed by atoms with Crippen LogP contribution in [0.5, 0.6) is 0 Å². The van der Waals surface area contributed by atoms with Crippen molar-refractivity contribution in [2.24, 2.45) is 0 Å². The van der Waals surface area contributed by atoms with E-state index in [4.69, 9.17) is 4.74 Å². The van der Waals surface area contributed by atoms with Gasteiger partial charge in [0.05, 0.1) is 26.9 Å². The van der Waals surface area contributed by atoms with Gasteiger partial charge in [0.15, 0.2) is 0 Å². The second-order valence-corrected chi connectivity index (χ2v) is 3.00. The first-order chi connectivity index (χ1) is 6.65. The fourth-order valence-corrected chi connectivity index (χ4v) is 1.39. The molecule has 1 fully saturated rings. The number of esters is 1. The van der Waals surface area contributed by atoms with E-state index in [1.54, 1.807) is 0 Å². The molecule has 14 heavy (non-hydrogen) atoms. The van der Waals surface area contributed by atoms with Crippen LogP contribution in [-0.2, 0) is 14.3 Å². The van der Waals surface area contributed by atoms with Crippen molar-refractivity contribution in [2.45, 2.75) is 12.5 Å². The molecule has 1 heterocycles. The first-order valence-corrected chi connectivity index (χ1v) is 4.33.